The summed E-state index contributed by atoms with van der Waals surface area (Å²) in [6, 6.07) is 5.25. The van der Waals surface area contributed by atoms with Gasteiger partial charge in [0.2, 0.25) is 5.56 Å². The fraction of sp³-hybridized carbons (Fsp3) is 0.571. The molecule has 21 heavy (non-hydrogen) atoms. The minimum absolute atomic E-state index is 0. The second-order valence-electron chi connectivity index (χ2n) is 4.36. The van der Waals surface area contributed by atoms with Crippen molar-refractivity contribution >= 4 is 41.7 Å². The van der Waals surface area contributed by atoms with Crippen molar-refractivity contribution in [3.63, 3.8) is 0 Å². The van der Waals surface area contributed by atoms with Gasteiger partial charge in [-0.15, -0.1) is 24.0 Å². The van der Waals surface area contributed by atoms with Crippen molar-refractivity contribution in [1.29, 1.82) is 0 Å². The Balaban J connectivity index is 0.00000400. The van der Waals surface area contributed by atoms with Crippen LogP contribution in [-0.2, 0) is 6.54 Å². The van der Waals surface area contributed by atoms with Crippen LogP contribution in [0.4, 0.5) is 0 Å². The number of aliphatic imine (C=N–C) groups is 1. The van der Waals surface area contributed by atoms with Gasteiger partial charge in [0.15, 0.2) is 5.96 Å². The number of hydrogen-bond donors (Lipinski definition) is 2. The van der Waals surface area contributed by atoms with Gasteiger partial charge in [-0.3, -0.25) is 9.79 Å². The minimum Gasteiger partial charge on any atom is -0.356 e. The Hall–Kier alpha value is -0.700. The number of unbranched alkanes of at least 4 members (excludes halogenated alkanes) is 1. The normalized spacial score (nSPS) is 10.9. The number of nitrogens with one attached hydrogen (secondary N) is 2. The van der Waals surface area contributed by atoms with Crippen LogP contribution in [0, 0.1) is 0 Å². The number of pyridine rings is 1. The summed E-state index contributed by atoms with van der Waals surface area (Å²) < 4.78 is 1.74. The summed E-state index contributed by atoms with van der Waals surface area (Å²) >= 11 is 1.81. The summed E-state index contributed by atoms with van der Waals surface area (Å²) in [4.78, 5) is 15.7. The molecule has 0 aliphatic rings. The average molecular weight is 424 g/mol. The number of aryl methyl sites for hydroxylation is 1. The molecule has 120 valence electrons. The van der Waals surface area contributed by atoms with Crippen molar-refractivity contribution < 1.29 is 0 Å². The van der Waals surface area contributed by atoms with Gasteiger partial charge in [-0.25, -0.2) is 0 Å². The summed E-state index contributed by atoms with van der Waals surface area (Å²) in [5, 5.41) is 6.52. The zero-order valence-corrected chi connectivity index (χ0v) is 15.8. The van der Waals surface area contributed by atoms with Crippen molar-refractivity contribution in [3.05, 3.63) is 34.7 Å². The van der Waals surface area contributed by atoms with E-state index in [1.807, 2.05) is 24.0 Å². The van der Waals surface area contributed by atoms with Crippen LogP contribution >= 0.6 is 35.7 Å². The Labute approximate surface area is 148 Å². The Bertz CT molecular complexity index is 464. The fourth-order valence-corrected chi connectivity index (χ4v) is 2.06. The van der Waals surface area contributed by atoms with Crippen molar-refractivity contribution in [1.82, 2.24) is 15.2 Å². The number of nitrogens with zero attached hydrogens (tertiary/aromatic N) is 2. The molecule has 2 N–H and O–H groups in total. The molecule has 1 heterocycles. The maximum absolute atomic E-state index is 11.5. The topological polar surface area (TPSA) is 58.4 Å². The Morgan fingerprint density at radius 3 is 2.71 bits per heavy atom. The van der Waals surface area contributed by atoms with E-state index in [-0.39, 0.29) is 29.5 Å². The predicted molar refractivity (Wildman–Crippen MR) is 103 cm³/mol. The fourth-order valence-electron chi connectivity index (χ4n) is 1.75. The third-order valence-electron chi connectivity index (χ3n) is 2.84. The highest BCUT2D eigenvalue weighted by Crippen LogP contribution is 1.92. The van der Waals surface area contributed by atoms with Crippen LogP contribution < -0.4 is 16.2 Å². The second kappa shape index (κ2) is 13.0. The predicted octanol–water partition coefficient (Wildman–Crippen LogP) is 1.77. The molecule has 0 atom stereocenters. The highest BCUT2D eigenvalue weighted by Gasteiger charge is 1.97. The van der Waals surface area contributed by atoms with Gasteiger partial charge in [-0.05, 0) is 25.2 Å². The average Bonchev–Trinajstić information content (AvgIpc) is 2.47. The summed E-state index contributed by atoms with van der Waals surface area (Å²) in [6.45, 7) is 2.54. The van der Waals surface area contributed by atoms with Crippen molar-refractivity contribution in [2.45, 2.75) is 19.4 Å². The third-order valence-corrected chi connectivity index (χ3v) is 3.45. The molecule has 0 unspecified atom stereocenters. The first-order valence-corrected chi connectivity index (χ1v) is 8.26. The number of aromatic nitrogens is 1. The SMILES string of the molecule is CN=C(NCCCCn1ccccc1=O)NCCSC.I. The van der Waals surface area contributed by atoms with Crippen molar-refractivity contribution in [3.8, 4) is 0 Å². The number of hydrogen-bond acceptors (Lipinski definition) is 3. The molecular formula is C14H25IN4OS. The smallest absolute Gasteiger partial charge is 0.250 e. The van der Waals surface area contributed by atoms with Crippen LogP contribution in [0.3, 0.4) is 0 Å². The van der Waals surface area contributed by atoms with E-state index in [4.69, 9.17) is 0 Å². The molecule has 1 aromatic rings. The highest BCUT2D eigenvalue weighted by molar-refractivity contribution is 14.0. The van der Waals surface area contributed by atoms with E-state index in [9.17, 15) is 4.79 Å². The van der Waals surface area contributed by atoms with Crippen LogP contribution in [0.5, 0.6) is 0 Å². The standard InChI is InChI=1S/C14H24N4OS.HI/c1-15-14(17-9-12-20-2)16-8-4-6-11-18-10-5-3-7-13(18)19;/h3,5,7,10H,4,6,8-9,11-12H2,1-2H3,(H2,15,16,17);1H. The third kappa shape index (κ3) is 9.02. The lowest BCUT2D eigenvalue weighted by Gasteiger charge is -2.11. The van der Waals surface area contributed by atoms with E-state index in [0.29, 0.717) is 0 Å². The molecule has 5 nitrogen and oxygen atoms in total. The number of rotatable bonds is 8. The molecule has 0 aromatic carbocycles. The Morgan fingerprint density at radius 2 is 2.05 bits per heavy atom. The van der Waals surface area contributed by atoms with Crippen molar-refractivity contribution in [2.75, 3.05) is 32.1 Å². The van der Waals surface area contributed by atoms with E-state index >= 15 is 0 Å². The zero-order chi connectivity index (χ0) is 14.6. The monoisotopic (exact) mass is 424 g/mol. The van der Waals surface area contributed by atoms with Crippen LogP contribution in [0.15, 0.2) is 34.2 Å². The Morgan fingerprint density at radius 1 is 1.29 bits per heavy atom. The molecule has 7 heteroatoms. The van der Waals surface area contributed by atoms with Gasteiger partial charge < -0.3 is 15.2 Å². The lowest BCUT2D eigenvalue weighted by Crippen LogP contribution is -2.38. The number of thioether (sulfide) groups is 1. The first-order valence-electron chi connectivity index (χ1n) is 6.87. The van der Waals surface area contributed by atoms with Gasteiger partial charge in [-0.1, -0.05) is 6.07 Å². The largest absolute Gasteiger partial charge is 0.356 e. The molecule has 0 saturated heterocycles. The molecule has 1 aromatic heterocycles. The zero-order valence-electron chi connectivity index (χ0n) is 12.7. The molecule has 0 aliphatic heterocycles. The van der Waals surface area contributed by atoms with Crippen LogP contribution in [0.25, 0.3) is 0 Å². The molecular weight excluding hydrogens is 399 g/mol. The number of halogens is 1. The van der Waals surface area contributed by atoms with E-state index < -0.39 is 0 Å². The van der Waals surface area contributed by atoms with Crippen LogP contribution in [-0.4, -0.2) is 42.7 Å². The van der Waals surface area contributed by atoms with Gasteiger partial charge in [0.1, 0.15) is 0 Å². The molecule has 0 saturated carbocycles. The first-order chi connectivity index (χ1) is 9.77. The maximum atomic E-state index is 11.5. The second-order valence-corrected chi connectivity index (χ2v) is 5.34. The maximum Gasteiger partial charge on any atom is 0.250 e. The number of guanidine groups is 1. The lowest BCUT2D eigenvalue weighted by molar-refractivity contribution is 0.586. The van der Waals surface area contributed by atoms with E-state index in [1.54, 1.807) is 23.7 Å². The minimum atomic E-state index is 0. The molecule has 0 radical (unpaired) electrons. The molecule has 0 aliphatic carbocycles. The van der Waals surface area contributed by atoms with Crippen LogP contribution in [0.1, 0.15) is 12.8 Å². The van der Waals surface area contributed by atoms with E-state index in [1.165, 1.54) is 0 Å². The van der Waals surface area contributed by atoms with Crippen molar-refractivity contribution in [2.24, 2.45) is 4.99 Å². The van der Waals surface area contributed by atoms with Gasteiger partial charge in [-0.2, -0.15) is 11.8 Å². The quantitative estimate of drug-likeness (QED) is 0.289. The van der Waals surface area contributed by atoms with E-state index in [0.717, 1.165) is 44.2 Å². The van der Waals surface area contributed by atoms with E-state index in [2.05, 4.69) is 21.9 Å². The van der Waals surface area contributed by atoms with Gasteiger partial charge in [0, 0.05) is 44.7 Å². The highest BCUT2D eigenvalue weighted by atomic mass is 127. The summed E-state index contributed by atoms with van der Waals surface area (Å²) in [5.74, 6) is 1.91. The summed E-state index contributed by atoms with van der Waals surface area (Å²) in [6.07, 6.45) is 5.89. The molecule has 1 rings (SSSR count). The molecule has 0 bridgehead atoms. The molecule has 0 amide bonds. The van der Waals surface area contributed by atoms with Gasteiger partial charge in [0.25, 0.3) is 0 Å². The lowest BCUT2D eigenvalue weighted by atomic mass is 10.3. The van der Waals surface area contributed by atoms with Gasteiger partial charge >= 0.3 is 0 Å². The van der Waals surface area contributed by atoms with Crippen LogP contribution in [0.2, 0.25) is 0 Å². The summed E-state index contributed by atoms with van der Waals surface area (Å²) in [5.41, 5.74) is 0.0648. The summed E-state index contributed by atoms with van der Waals surface area (Å²) in [7, 11) is 1.78. The Kier molecular flexibility index (Phi) is 12.6. The van der Waals surface area contributed by atoms with Gasteiger partial charge in [0.05, 0.1) is 0 Å². The molecule has 0 fully saturated rings. The first kappa shape index (κ1) is 20.3. The molecule has 0 spiro atoms.